The number of hydrogen-bond acceptors (Lipinski definition) is 6. The molecule has 0 aromatic heterocycles. The Morgan fingerprint density at radius 2 is 1.33 bits per heavy atom. The highest BCUT2D eigenvalue weighted by Crippen LogP contribution is 2.23. The maximum atomic E-state index is 13.6. The fourth-order valence-corrected chi connectivity index (χ4v) is 5.28. The maximum Gasteiger partial charge on any atom is 0.408 e. The highest BCUT2D eigenvalue weighted by atomic mass is 16.5. The van der Waals surface area contributed by atoms with Crippen molar-refractivity contribution in [2.75, 3.05) is 13.1 Å². The van der Waals surface area contributed by atoms with E-state index in [4.69, 9.17) is 4.74 Å². The van der Waals surface area contributed by atoms with Gasteiger partial charge in [0.25, 0.3) is 0 Å². The number of carbonyl (C=O) groups excluding carboxylic acids is 5. The van der Waals surface area contributed by atoms with Crippen molar-refractivity contribution < 1.29 is 28.7 Å². The molecule has 10 nitrogen and oxygen atoms in total. The largest absolute Gasteiger partial charge is 0.445 e. The van der Waals surface area contributed by atoms with Gasteiger partial charge in [-0.2, -0.15) is 0 Å². The molecule has 2 heterocycles. The summed E-state index contributed by atoms with van der Waals surface area (Å²) >= 11 is 0. The number of carbonyl (C=O) groups is 5. The Kier molecular flexibility index (Phi) is 10.5. The summed E-state index contributed by atoms with van der Waals surface area (Å²) in [4.78, 5) is 68.0. The lowest BCUT2D eigenvalue weighted by Crippen LogP contribution is -2.59. The van der Waals surface area contributed by atoms with Gasteiger partial charge in [-0.3, -0.25) is 19.2 Å². The van der Waals surface area contributed by atoms with Gasteiger partial charge in [0.15, 0.2) is 5.78 Å². The van der Waals surface area contributed by atoms with Crippen LogP contribution in [0, 0.1) is 11.8 Å². The second-order valence-corrected chi connectivity index (χ2v) is 11.1. The minimum absolute atomic E-state index is 0.0585. The third-order valence-corrected chi connectivity index (χ3v) is 7.49. The van der Waals surface area contributed by atoms with Crippen LogP contribution in [0.5, 0.6) is 0 Å². The van der Waals surface area contributed by atoms with Crippen molar-refractivity contribution >= 4 is 29.6 Å². The molecule has 4 amide bonds. The quantitative estimate of drug-likeness (QED) is 0.468. The van der Waals surface area contributed by atoms with E-state index in [1.165, 1.54) is 11.8 Å². The molecule has 0 aliphatic carbocycles. The van der Waals surface area contributed by atoms with E-state index >= 15 is 0 Å². The van der Waals surface area contributed by atoms with Crippen molar-refractivity contribution in [2.24, 2.45) is 11.8 Å². The summed E-state index contributed by atoms with van der Waals surface area (Å²) in [5.74, 6) is -1.53. The molecule has 0 bridgehead atoms. The number of rotatable bonds is 10. The molecule has 2 fully saturated rings. The number of likely N-dealkylation sites (tertiary alicyclic amines) is 2. The fraction of sp³-hybridized carbons (Fsp3) is 0.621. The molecule has 2 N–H and O–H groups in total. The van der Waals surface area contributed by atoms with E-state index in [1.54, 1.807) is 4.90 Å². The number of amides is 4. The van der Waals surface area contributed by atoms with E-state index in [2.05, 4.69) is 10.6 Å². The molecular weight excluding hydrogens is 500 g/mol. The lowest BCUT2D eigenvalue weighted by atomic mass is 10.00. The molecule has 0 spiro atoms. The van der Waals surface area contributed by atoms with E-state index < -0.39 is 36.2 Å². The minimum Gasteiger partial charge on any atom is -0.445 e. The predicted molar refractivity (Wildman–Crippen MR) is 145 cm³/mol. The third-order valence-electron chi connectivity index (χ3n) is 7.49. The molecule has 214 valence electrons. The van der Waals surface area contributed by atoms with Gasteiger partial charge in [-0.25, -0.2) is 4.79 Å². The standard InChI is InChI=1S/C29H42N4O6/c1-18(2)24(27(36)32-15-9-13-22(32)20(5)34)30-26(35)23-14-10-16-33(23)28(37)25(19(3)4)31-29(38)39-17-21-11-7-6-8-12-21/h6-8,11-12,18-19,22-25H,9-10,13-17H2,1-5H3,(H,30,35)(H,31,38)/t22-,23-,24-,25-/m0/s1. The number of nitrogens with zero attached hydrogens (tertiary/aromatic N) is 2. The van der Waals surface area contributed by atoms with Crippen molar-refractivity contribution in [3.8, 4) is 0 Å². The average molecular weight is 543 g/mol. The number of benzene rings is 1. The van der Waals surface area contributed by atoms with Gasteiger partial charge in [0.1, 0.15) is 24.7 Å². The van der Waals surface area contributed by atoms with Crippen LogP contribution in [0.1, 0.15) is 65.9 Å². The number of nitrogens with one attached hydrogen (secondary N) is 2. The molecule has 1 aromatic carbocycles. The summed E-state index contributed by atoms with van der Waals surface area (Å²) in [6.07, 6.45) is 1.76. The summed E-state index contributed by atoms with van der Waals surface area (Å²) in [5.41, 5.74) is 0.828. The first-order valence-corrected chi connectivity index (χ1v) is 13.9. The molecule has 3 rings (SSSR count). The van der Waals surface area contributed by atoms with Crippen LogP contribution >= 0.6 is 0 Å². The summed E-state index contributed by atoms with van der Waals surface area (Å²) in [6, 6.07) is 6.35. The molecule has 2 aliphatic heterocycles. The molecule has 2 saturated heterocycles. The number of hydrogen-bond donors (Lipinski definition) is 2. The molecule has 39 heavy (non-hydrogen) atoms. The smallest absolute Gasteiger partial charge is 0.408 e. The monoisotopic (exact) mass is 542 g/mol. The molecule has 0 saturated carbocycles. The first-order chi connectivity index (χ1) is 18.5. The number of Topliss-reactive ketones (excluding diaryl/α,β-unsaturated/α-hetero) is 1. The Balaban J connectivity index is 1.66. The van der Waals surface area contributed by atoms with E-state index in [1.807, 2.05) is 58.0 Å². The predicted octanol–water partition coefficient (Wildman–Crippen LogP) is 2.65. The van der Waals surface area contributed by atoms with Gasteiger partial charge in [-0.15, -0.1) is 0 Å². The zero-order valence-corrected chi connectivity index (χ0v) is 23.6. The van der Waals surface area contributed by atoms with E-state index in [9.17, 15) is 24.0 Å². The number of ketones is 1. The zero-order chi connectivity index (χ0) is 28.7. The molecule has 1 aromatic rings. The summed E-state index contributed by atoms with van der Waals surface area (Å²) in [7, 11) is 0. The molecule has 10 heteroatoms. The highest BCUT2D eigenvalue weighted by Gasteiger charge is 2.42. The Morgan fingerprint density at radius 1 is 0.821 bits per heavy atom. The van der Waals surface area contributed by atoms with E-state index in [-0.39, 0.29) is 36.0 Å². The van der Waals surface area contributed by atoms with Crippen LogP contribution in [0.4, 0.5) is 4.79 Å². The normalized spacial score (nSPS) is 20.6. The van der Waals surface area contributed by atoms with Crippen LogP contribution in [-0.4, -0.2) is 76.7 Å². The molecule has 4 atom stereocenters. The highest BCUT2D eigenvalue weighted by molar-refractivity contribution is 5.96. The van der Waals surface area contributed by atoms with Crippen LogP contribution in [0.2, 0.25) is 0 Å². The second kappa shape index (κ2) is 13.6. The van der Waals surface area contributed by atoms with E-state index in [0.29, 0.717) is 32.4 Å². The van der Waals surface area contributed by atoms with Gasteiger partial charge in [0.05, 0.1) is 6.04 Å². The Morgan fingerprint density at radius 3 is 1.87 bits per heavy atom. The van der Waals surface area contributed by atoms with Crippen LogP contribution in [0.15, 0.2) is 30.3 Å². The molecular formula is C29H42N4O6. The fourth-order valence-electron chi connectivity index (χ4n) is 5.28. The minimum atomic E-state index is -0.870. The number of ether oxygens (including phenoxy) is 1. The summed E-state index contributed by atoms with van der Waals surface area (Å²) < 4.78 is 5.31. The van der Waals surface area contributed by atoms with Gasteiger partial charge < -0.3 is 25.2 Å². The van der Waals surface area contributed by atoms with Crippen molar-refractivity contribution in [3.05, 3.63) is 35.9 Å². The lowest BCUT2D eigenvalue weighted by molar-refractivity contribution is -0.144. The lowest BCUT2D eigenvalue weighted by Gasteiger charge is -2.33. The van der Waals surface area contributed by atoms with Crippen LogP contribution < -0.4 is 10.6 Å². The van der Waals surface area contributed by atoms with Crippen LogP contribution in [-0.2, 0) is 30.5 Å². The van der Waals surface area contributed by atoms with Crippen molar-refractivity contribution in [2.45, 2.75) is 91.1 Å². The maximum absolute atomic E-state index is 13.6. The summed E-state index contributed by atoms with van der Waals surface area (Å²) in [6.45, 7) is 9.75. The molecule has 0 unspecified atom stereocenters. The van der Waals surface area contributed by atoms with E-state index in [0.717, 1.165) is 12.0 Å². The second-order valence-electron chi connectivity index (χ2n) is 11.1. The third kappa shape index (κ3) is 7.58. The van der Waals surface area contributed by atoms with Crippen molar-refractivity contribution in [1.29, 1.82) is 0 Å². The Hall–Kier alpha value is -3.43. The first kappa shape index (κ1) is 30.1. The van der Waals surface area contributed by atoms with Gasteiger partial charge in [-0.05, 0) is 50.0 Å². The van der Waals surface area contributed by atoms with Gasteiger partial charge in [0.2, 0.25) is 17.7 Å². The molecule has 2 aliphatic rings. The number of alkyl carbamates (subject to hydrolysis) is 1. The summed E-state index contributed by atoms with van der Waals surface area (Å²) in [5, 5.41) is 5.56. The van der Waals surface area contributed by atoms with Crippen LogP contribution in [0.3, 0.4) is 0 Å². The topological polar surface area (TPSA) is 125 Å². The van der Waals surface area contributed by atoms with Gasteiger partial charge in [0, 0.05) is 13.1 Å². The Bertz CT molecular complexity index is 1040. The SMILES string of the molecule is CC(=O)[C@@H]1CCCN1C(=O)[C@@H](NC(=O)[C@@H]1CCCN1C(=O)[C@@H](NC(=O)OCc1ccccc1)C(C)C)C(C)C. The van der Waals surface area contributed by atoms with Crippen molar-refractivity contribution in [3.63, 3.8) is 0 Å². The van der Waals surface area contributed by atoms with Crippen molar-refractivity contribution in [1.82, 2.24) is 20.4 Å². The van der Waals surface area contributed by atoms with Gasteiger partial charge >= 0.3 is 6.09 Å². The molecule has 0 radical (unpaired) electrons. The first-order valence-electron chi connectivity index (χ1n) is 13.9. The average Bonchev–Trinajstić information content (AvgIpc) is 3.59. The van der Waals surface area contributed by atoms with Gasteiger partial charge in [-0.1, -0.05) is 58.0 Å². The zero-order valence-electron chi connectivity index (χ0n) is 23.6. The van der Waals surface area contributed by atoms with Crippen LogP contribution in [0.25, 0.3) is 0 Å². The Labute approximate surface area is 230 Å².